The lowest BCUT2D eigenvalue weighted by molar-refractivity contribution is 0.0985. The van der Waals surface area contributed by atoms with E-state index < -0.39 is 0 Å². The van der Waals surface area contributed by atoms with Gasteiger partial charge in [-0.3, -0.25) is 9.69 Å². The van der Waals surface area contributed by atoms with Crippen molar-refractivity contribution in [3.05, 3.63) is 48.3 Å². The second kappa shape index (κ2) is 5.30. The summed E-state index contributed by atoms with van der Waals surface area (Å²) in [5, 5.41) is 0. The van der Waals surface area contributed by atoms with Crippen LogP contribution >= 0.6 is 0 Å². The van der Waals surface area contributed by atoms with Crippen molar-refractivity contribution in [2.75, 3.05) is 11.4 Å². The molecule has 4 nitrogen and oxygen atoms in total. The molecule has 1 amide bonds. The van der Waals surface area contributed by atoms with E-state index >= 15 is 0 Å². The van der Waals surface area contributed by atoms with E-state index in [2.05, 4.69) is 9.97 Å². The van der Waals surface area contributed by atoms with E-state index in [1.807, 2.05) is 37.3 Å². The average Bonchev–Trinajstić information content (AvgIpc) is 2.90. The first-order valence-corrected chi connectivity index (χ1v) is 5.69. The van der Waals surface area contributed by atoms with Gasteiger partial charge < -0.3 is 4.98 Å². The number of benzene rings is 1. The fourth-order valence-corrected chi connectivity index (χ4v) is 1.67. The van der Waals surface area contributed by atoms with Crippen molar-refractivity contribution >= 4 is 11.9 Å². The summed E-state index contributed by atoms with van der Waals surface area (Å²) in [6.07, 6.45) is 4.26. The molecular weight excluding hydrogens is 214 g/mol. The van der Waals surface area contributed by atoms with Crippen LogP contribution in [0.1, 0.15) is 23.7 Å². The molecule has 1 heterocycles. The van der Waals surface area contributed by atoms with Crippen LogP contribution in [0.3, 0.4) is 0 Å². The maximum absolute atomic E-state index is 12.3. The highest BCUT2D eigenvalue weighted by molar-refractivity contribution is 6.05. The number of nitrogens with one attached hydrogen (secondary N) is 1. The van der Waals surface area contributed by atoms with E-state index in [1.165, 1.54) is 0 Å². The molecule has 0 unspecified atom stereocenters. The fourth-order valence-electron chi connectivity index (χ4n) is 1.67. The number of rotatable bonds is 4. The average molecular weight is 229 g/mol. The highest BCUT2D eigenvalue weighted by atomic mass is 16.2. The Morgan fingerprint density at radius 3 is 2.71 bits per heavy atom. The van der Waals surface area contributed by atoms with E-state index in [4.69, 9.17) is 0 Å². The Morgan fingerprint density at radius 2 is 2.12 bits per heavy atom. The van der Waals surface area contributed by atoms with Gasteiger partial charge in [0.15, 0.2) is 0 Å². The number of H-pyrrole nitrogens is 1. The number of hydrogen-bond acceptors (Lipinski definition) is 2. The molecule has 2 rings (SSSR count). The molecule has 1 aromatic carbocycles. The van der Waals surface area contributed by atoms with Crippen molar-refractivity contribution in [1.29, 1.82) is 0 Å². The number of imidazole rings is 1. The summed E-state index contributed by atoms with van der Waals surface area (Å²) in [5.74, 6) is 0.572. The Balaban J connectivity index is 2.26. The van der Waals surface area contributed by atoms with Gasteiger partial charge in [0.25, 0.3) is 5.91 Å². The van der Waals surface area contributed by atoms with Crippen molar-refractivity contribution in [3.8, 4) is 0 Å². The molecule has 2 aromatic rings. The third-order valence-electron chi connectivity index (χ3n) is 2.45. The summed E-state index contributed by atoms with van der Waals surface area (Å²) in [6.45, 7) is 2.69. The Kier molecular flexibility index (Phi) is 3.55. The van der Waals surface area contributed by atoms with Gasteiger partial charge >= 0.3 is 0 Å². The minimum absolute atomic E-state index is 0.0256. The molecule has 0 fully saturated rings. The molecule has 0 saturated heterocycles. The van der Waals surface area contributed by atoms with Crippen LogP contribution in [0.2, 0.25) is 0 Å². The normalized spacial score (nSPS) is 10.2. The molecule has 88 valence electrons. The zero-order chi connectivity index (χ0) is 12.1. The molecule has 0 aliphatic rings. The van der Waals surface area contributed by atoms with Gasteiger partial charge in [-0.1, -0.05) is 25.1 Å². The molecule has 0 aliphatic heterocycles. The van der Waals surface area contributed by atoms with Crippen LogP contribution < -0.4 is 4.90 Å². The molecule has 0 bridgehead atoms. The van der Waals surface area contributed by atoms with Crippen LogP contribution in [0.15, 0.2) is 42.7 Å². The second-order valence-electron chi connectivity index (χ2n) is 3.74. The second-order valence-corrected chi connectivity index (χ2v) is 3.74. The van der Waals surface area contributed by atoms with Gasteiger partial charge in [-0.2, -0.15) is 0 Å². The smallest absolute Gasteiger partial charge is 0.260 e. The van der Waals surface area contributed by atoms with Crippen molar-refractivity contribution in [1.82, 2.24) is 9.97 Å². The number of carbonyl (C=O) groups is 1. The lowest BCUT2D eigenvalue weighted by atomic mass is 10.2. The maximum Gasteiger partial charge on any atom is 0.260 e. The highest BCUT2D eigenvalue weighted by Crippen LogP contribution is 2.12. The van der Waals surface area contributed by atoms with E-state index in [9.17, 15) is 4.79 Å². The van der Waals surface area contributed by atoms with Crippen LogP contribution in [0.5, 0.6) is 0 Å². The fraction of sp³-hybridized carbons (Fsp3) is 0.231. The molecule has 1 aromatic heterocycles. The molecular formula is C13H15N3O. The Bertz CT molecular complexity index is 465. The van der Waals surface area contributed by atoms with Crippen LogP contribution in [-0.4, -0.2) is 22.4 Å². The van der Waals surface area contributed by atoms with Gasteiger partial charge in [0.1, 0.15) is 0 Å². The quantitative estimate of drug-likeness (QED) is 0.875. The van der Waals surface area contributed by atoms with Gasteiger partial charge in [-0.15, -0.1) is 0 Å². The summed E-state index contributed by atoms with van der Waals surface area (Å²) in [6, 6.07) is 9.24. The summed E-state index contributed by atoms with van der Waals surface area (Å²) >= 11 is 0. The zero-order valence-electron chi connectivity index (χ0n) is 9.76. The highest BCUT2D eigenvalue weighted by Gasteiger charge is 2.18. The van der Waals surface area contributed by atoms with Crippen LogP contribution in [0.4, 0.5) is 5.95 Å². The predicted octanol–water partition coefficient (Wildman–Crippen LogP) is 2.47. The zero-order valence-corrected chi connectivity index (χ0v) is 9.76. The first-order chi connectivity index (χ1) is 8.33. The largest absolute Gasteiger partial charge is 0.331 e. The lowest BCUT2D eigenvalue weighted by Crippen LogP contribution is -2.32. The summed E-state index contributed by atoms with van der Waals surface area (Å²) in [7, 11) is 0. The maximum atomic E-state index is 12.3. The molecule has 4 heteroatoms. The Morgan fingerprint density at radius 1 is 1.35 bits per heavy atom. The molecule has 0 radical (unpaired) electrons. The molecule has 17 heavy (non-hydrogen) atoms. The number of aromatic nitrogens is 2. The van der Waals surface area contributed by atoms with Crippen molar-refractivity contribution in [2.24, 2.45) is 0 Å². The number of anilines is 1. The monoisotopic (exact) mass is 229 g/mol. The molecule has 0 aliphatic carbocycles. The van der Waals surface area contributed by atoms with Crippen LogP contribution in [0, 0.1) is 0 Å². The van der Waals surface area contributed by atoms with E-state index in [0.717, 1.165) is 6.42 Å². The summed E-state index contributed by atoms with van der Waals surface area (Å²) in [5.41, 5.74) is 0.678. The standard InChI is InChI=1S/C13H15N3O/c1-2-10-16(13-14-8-9-15-13)12(17)11-6-4-3-5-7-11/h3-9H,2,10H2,1H3,(H,14,15). The third kappa shape index (κ3) is 2.53. The first-order valence-electron chi connectivity index (χ1n) is 5.69. The summed E-state index contributed by atoms with van der Waals surface area (Å²) in [4.78, 5) is 21.1. The SMILES string of the molecule is CCCN(C(=O)c1ccccc1)c1ncc[nH]1. The van der Waals surface area contributed by atoms with Gasteiger partial charge in [-0.25, -0.2) is 4.98 Å². The minimum Gasteiger partial charge on any atom is -0.331 e. The van der Waals surface area contributed by atoms with Gasteiger partial charge in [0.05, 0.1) is 0 Å². The van der Waals surface area contributed by atoms with Gasteiger partial charge in [0.2, 0.25) is 5.95 Å². The Hall–Kier alpha value is -2.10. The molecule has 0 saturated carbocycles. The Labute approximate surface area is 100 Å². The number of nitrogens with zero attached hydrogens (tertiary/aromatic N) is 2. The summed E-state index contributed by atoms with van der Waals surface area (Å²) < 4.78 is 0. The number of amides is 1. The van der Waals surface area contributed by atoms with Crippen molar-refractivity contribution in [3.63, 3.8) is 0 Å². The predicted molar refractivity (Wildman–Crippen MR) is 67.0 cm³/mol. The lowest BCUT2D eigenvalue weighted by Gasteiger charge is -2.19. The number of hydrogen-bond donors (Lipinski definition) is 1. The topological polar surface area (TPSA) is 49.0 Å². The van der Waals surface area contributed by atoms with Gasteiger partial charge in [-0.05, 0) is 18.6 Å². The van der Waals surface area contributed by atoms with Crippen molar-refractivity contribution in [2.45, 2.75) is 13.3 Å². The number of aromatic amines is 1. The van der Waals surface area contributed by atoms with Crippen LogP contribution in [0.25, 0.3) is 0 Å². The minimum atomic E-state index is -0.0256. The van der Waals surface area contributed by atoms with E-state index in [-0.39, 0.29) is 5.91 Å². The van der Waals surface area contributed by atoms with Crippen LogP contribution in [-0.2, 0) is 0 Å². The molecule has 0 spiro atoms. The number of carbonyl (C=O) groups excluding carboxylic acids is 1. The third-order valence-corrected chi connectivity index (χ3v) is 2.45. The van der Waals surface area contributed by atoms with Crippen molar-refractivity contribution < 1.29 is 4.79 Å². The molecule has 1 N–H and O–H groups in total. The van der Waals surface area contributed by atoms with E-state index in [0.29, 0.717) is 18.1 Å². The van der Waals surface area contributed by atoms with E-state index in [1.54, 1.807) is 17.3 Å². The first kappa shape index (κ1) is 11.4. The van der Waals surface area contributed by atoms with Gasteiger partial charge in [0, 0.05) is 24.5 Å². The molecule has 0 atom stereocenters.